The average Bonchev–Trinajstić information content (AvgIpc) is 3.03. The third kappa shape index (κ3) is 8.90. The molecule has 0 amide bonds. The van der Waals surface area contributed by atoms with Gasteiger partial charge in [0.05, 0.1) is 26.4 Å². The molecule has 4 rings (SSSR count). The molecule has 6 heteroatoms. The van der Waals surface area contributed by atoms with E-state index in [1.807, 2.05) is 36.4 Å². The highest BCUT2D eigenvalue weighted by Crippen LogP contribution is 2.38. The van der Waals surface area contributed by atoms with Crippen LogP contribution in [0.5, 0.6) is 17.2 Å². The molecule has 0 fully saturated rings. The summed E-state index contributed by atoms with van der Waals surface area (Å²) in [6.45, 7) is 15.0. The first-order valence-corrected chi connectivity index (χ1v) is 16.9. The van der Waals surface area contributed by atoms with Gasteiger partial charge in [0, 0.05) is 52.9 Å². The summed E-state index contributed by atoms with van der Waals surface area (Å²) >= 11 is 0. The molecular formula is C40H52N2O4. The number of fused-ring (bicyclic) bond motifs is 6. The van der Waals surface area contributed by atoms with Gasteiger partial charge in [0.25, 0.3) is 0 Å². The minimum Gasteiger partial charge on any atom is -0.494 e. The number of para-hydroxylation sites is 1. The maximum atomic E-state index is 6.59. The molecule has 3 aromatic rings. The van der Waals surface area contributed by atoms with Gasteiger partial charge in [0.1, 0.15) is 23.0 Å². The van der Waals surface area contributed by atoms with Gasteiger partial charge in [-0.05, 0) is 79.1 Å². The molecule has 1 aliphatic carbocycles. The summed E-state index contributed by atoms with van der Waals surface area (Å²) in [5.74, 6) is 3.46. The minimum absolute atomic E-state index is 0.569. The largest absolute Gasteiger partial charge is 0.494 e. The van der Waals surface area contributed by atoms with Crippen molar-refractivity contribution in [3.05, 3.63) is 112 Å². The zero-order chi connectivity index (χ0) is 32.9. The van der Waals surface area contributed by atoms with E-state index in [0.29, 0.717) is 63.5 Å². The summed E-state index contributed by atoms with van der Waals surface area (Å²) in [6.07, 6.45) is 12.0. The van der Waals surface area contributed by atoms with Crippen LogP contribution in [0.4, 0.5) is 11.4 Å². The van der Waals surface area contributed by atoms with E-state index in [0.717, 1.165) is 87.6 Å². The Kier molecular flexibility index (Phi) is 13.1. The lowest BCUT2D eigenvalue weighted by molar-refractivity contribution is 0.218. The molecule has 0 atom stereocenters. The van der Waals surface area contributed by atoms with Crippen molar-refractivity contribution in [2.45, 2.75) is 79.1 Å². The molecule has 0 aromatic heterocycles. The van der Waals surface area contributed by atoms with Gasteiger partial charge >= 0.3 is 0 Å². The van der Waals surface area contributed by atoms with Gasteiger partial charge < -0.3 is 30.4 Å². The summed E-state index contributed by atoms with van der Waals surface area (Å²) in [5.41, 5.74) is 21.8. The lowest BCUT2D eigenvalue weighted by Gasteiger charge is -2.22. The fourth-order valence-electron chi connectivity index (χ4n) is 5.88. The highest BCUT2D eigenvalue weighted by atomic mass is 16.5. The van der Waals surface area contributed by atoms with E-state index >= 15 is 0 Å². The molecule has 0 saturated heterocycles. The monoisotopic (exact) mass is 624 g/mol. The fourth-order valence-corrected chi connectivity index (χ4v) is 5.88. The van der Waals surface area contributed by atoms with Crippen LogP contribution in [0.15, 0.2) is 78.6 Å². The van der Waals surface area contributed by atoms with Crippen LogP contribution in [-0.2, 0) is 30.4 Å². The second-order valence-corrected chi connectivity index (χ2v) is 11.9. The van der Waals surface area contributed by atoms with E-state index in [-0.39, 0.29) is 0 Å². The van der Waals surface area contributed by atoms with Crippen LogP contribution in [0.25, 0.3) is 0 Å². The molecule has 1 aliphatic rings. The van der Waals surface area contributed by atoms with Crippen LogP contribution in [0.2, 0.25) is 0 Å². The SMILES string of the molecule is C=CC=C1Cc2cc(N)cc(c2OCCC)Cc2cccc(c2OCCC)Cc2cc(N)cc(c2OCCC)CC=C1OCCC. The van der Waals surface area contributed by atoms with Gasteiger partial charge in [0.15, 0.2) is 0 Å². The molecule has 0 spiro atoms. The standard InChI is InChI=1S/C40H52N2O4/c1-6-12-28-21-32-25-36(42)27-34(40(32)46-20-10-5)23-30-14-11-13-29(38(30)44-18-8-3)22-33-26-35(41)24-31(39(33)45-19-9-4)15-16-37(28)43-17-7-2/h6,11-14,16,24-27H,1,7-10,15,17-23,41-42H2,2-5H3. The van der Waals surface area contributed by atoms with E-state index in [1.54, 1.807) is 0 Å². The Hall–Kier alpha value is -4.32. The van der Waals surface area contributed by atoms with Gasteiger partial charge in [-0.15, -0.1) is 0 Å². The Morgan fingerprint density at radius 2 is 1.04 bits per heavy atom. The summed E-state index contributed by atoms with van der Waals surface area (Å²) in [4.78, 5) is 0. The molecule has 0 heterocycles. The van der Waals surface area contributed by atoms with E-state index in [1.165, 1.54) is 0 Å². The summed E-state index contributed by atoms with van der Waals surface area (Å²) in [7, 11) is 0. The first kappa shape index (κ1) is 34.6. The average molecular weight is 625 g/mol. The molecule has 0 saturated carbocycles. The van der Waals surface area contributed by atoms with E-state index in [4.69, 9.17) is 30.4 Å². The first-order valence-electron chi connectivity index (χ1n) is 16.9. The molecule has 0 unspecified atom stereocenters. The first-order chi connectivity index (χ1) is 22.4. The molecule has 6 bridgehead atoms. The Morgan fingerprint density at radius 1 is 0.609 bits per heavy atom. The molecule has 3 aromatic carbocycles. The Balaban J connectivity index is 2.02. The molecule has 246 valence electrons. The van der Waals surface area contributed by atoms with Gasteiger partial charge in [0.2, 0.25) is 0 Å². The zero-order valence-corrected chi connectivity index (χ0v) is 28.3. The number of hydrogen-bond acceptors (Lipinski definition) is 6. The molecular weight excluding hydrogens is 572 g/mol. The van der Waals surface area contributed by atoms with Crippen molar-refractivity contribution in [1.29, 1.82) is 0 Å². The smallest absolute Gasteiger partial charge is 0.126 e. The topological polar surface area (TPSA) is 89.0 Å². The van der Waals surface area contributed by atoms with Crippen LogP contribution in [0, 0.1) is 0 Å². The molecule has 46 heavy (non-hydrogen) atoms. The van der Waals surface area contributed by atoms with Crippen LogP contribution >= 0.6 is 0 Å². The number of ether oxygens (including phenoxy) is 4. The van der Waals surface area contributed by atoms with Crippen LogP contribution in [0.3, 0.4) is 0 Å². The number of allylic oxidation sites excluding steroid dienone is 4. The highest BCUT2D eigenvalue weighted by Gasteiger charge is 2.21. The molecule has 4 N–H and O–H groups in total. The normalized spacial score (nSPS) is 14.0. The molecule has 0 aliphatic heterocycles. The van der Waals surface area contributed by atoms with Gasteiger partial charge in [-0.2, -0.15) is 0 Å². The Morgan fingerprint density at radius 3 is 1.54 bits per heavy atom. The number of anilines is 2. The number of hydrogen-bond donors (Lipinski definition) is 2. The van der Waals surface area contributed by atoms with Crippen molar-refractivity contribution in [2.75, 3.05) is 37.9 Å². The van der Waals surface area contributed by atoms with Crippen molar-refractivity contribution in [2.24, 2.45) is 0 Å². The molecule has 6 nitrogen and oxygen atoms in total. The number of benzene rings is 3. The van der Waals surface area contributed by atoms with E-state index in [2.05, 4.69) is 58.5 Å². The molecule has 0 radical (unpaired) electrons. The predicted molar refractivity (Wildman–Crippen MR) is 191 cm³/mol. The van der Waals surface area contributed by atoms with Crippen molar-refractivity contribution in [3.8, 4) is 17.2 Å². The second kappa shape index (κ2) is 17.4. The van der Waals surface area contributed by atoms with Gasteiger partial charge in [-0.25, -0.2) is 0 Å². The van der Waals surface area contributed by atoms with Crippen LogP contribution < -0.4 is 25.7 Å². The van der Waals surface area contributed by atoms with Crippen molar-refractivity contribution in [1.82, 2.24) is 0 Å². The van der Waals surface area contributed by atoms with E-state index in [9.17, 15) is 0 Å². The lowest BCUT2D eigenvalue weighted by Crippen LogP contribution is -2.10. The maximum absolute atomic E-state index is 6.59. The minimum atomic E-state index is 0.569. The third-order valence-corrected chi connectivity index (χ3v) is 7.81. The lowest BCUT2D eigenvalue weighted by atomic mass is 9.92. The predicted octanol–water partition coefficient (Wildman–Crippen LogP) is 8.92. The summed E-state index contributed by atoms with van der Waals surface area (Å²) in [6, 6.07) is 14.5. The van der Waals surface area contributed by atoms with Crippen molar-refractivity contribution < 1.29 is 18.9 Å². The number of rotatable bonds is 13. The van der Waals surface area contributed by atoms with Crippen molar-refractivity contribution >= 4 is 11.4 Å². The quantitative estimate of drug-likeness (QED) is 0.185. The van der Waals surface area contributed by atoms with E-state index < -0.39 is 0 Å². The van der Waals surface area contributed by atoms with Crippen LogP contribution in [-0.4, -0.2) is 26.4 Å². The third-order valence-electron chi connectivity index (χ3n) is 7.81. The van der Waals surface area contributed by atoms with Crippen LogP contribution in [0.1, 0.15) is 86.8 Å². The zero-order valence-electron chi connectivity index (χ0n) is 28.3. The Labute approximate surface area is 276 Å². The van der Waals surface area contributed by atoms with Gasteiger partial charge in [-0.3, -0.25) is 0 Å². The summed E-state index contributed by atoms with van der Waals surface area (Å²) < 4.78 is 25.9. The summed E-state index contributed by atoms with van der Waals surface area (Å²) in [5, 5.41) is 0. The van der Waals surface area contributed by atoms with Gasteiger partial charge in [-0.1, -0.05) is 64.6 Å². The maximum Gasteiger partial charge on any atom is 0.126 e. The highest BCUT2D eigenvalue weighted by molar-refractivity contribution is 5.60. The second-order valence-electron chi connectivity index (χ2n) is 11.9. The number of nitrogen functional groups attached to an aromatic ring is 2. The Bertz CT molecular complexity index is 1540. The van der Waals surface area contributed by atoms with Crippen molar-refractivity contribution in [3.63, 3.8) is 0 Å². The number of nitrogens with two attached hydrogens (primary N) is 2. The fraction of sp³-hybridized carbons (Fsp3) is 0.400.